The Morgan fingerprint density at radius 3 is 2.16 bits per heavy atom. The second-order valence-electron chi connectivity index (χ2n) is 13.0. The molecule has 0 aromatic heterocycles. The monoisotopic (exact) mass is 707 g/mol. The van der Waals surface area contributed by atoms with Crippen molar-refractivity contribution >= 4 is 80.4 Å². The van der Waals surface area contributed by atoms with Gasteiger partial charge in [-0.3, -0.25) is 44.3 Å². The van der Waals surface area contributed by atoms with Crippen molar-refractivity contribution in [2.45, 2.75) is 28.5 Å². The normalized spacial score (nSPS) is 29.1. The molecule has 2 saturated heterocycles. The lowest BCUT2D eigenvalue weighted by atomic mass is 9.56. The van der Waals surface area contributed by atoms with Crippen LogP contribution in [0.5, 0.6) is 5.75 Å². The summed E-state index contributed by atoms with van der Waals surface area (Å²) in [6.45, 7) is 0. The first-order chi connectivity index (χ1) is 23.1. The molecule has 0 spiro atoms. The van der Waals surface area contributed by atoms with Crippen LogP contribution in [0.1, 0.15) is 24.3 Å². The number of imide groups is 2. The van der Waals surface area contributed by atoms with Crippen LogP contribution < -0.4 is 9.80 Å². The summed E-state index contributed by atoms with van der Waals surface area (Å²) in [6.07, 6.45) is 1.33. The number of carbonyl (C=O) groups excluding carboxylic acids is 4. The molecule has 2 aliphatic heterocycles. The quantitative estimate of drug-likeness (QED) is 0.129. The topological polar surface area (TPSA) is 185 Å². The van der Waals surface area contributed by atoms with Crippen molar-refractivity contribution in [3.8, 4) is 5.75 Å². The van der Waals surface area contributed by atoms with E-state index in [-0.39, 0.29) is 35.5 Å². The third-order valence-electron chi connectivity index (χ3n) is 10.4. The number of phenolic OH excluding ortho intramolecular Hbond substituents is 1. The maximum absolute atomic E-state index is 14.4. The van der Waals surface area contributed by atoms with Crippen molar-refractivity contribution in [3.05, 3.63) is 86.0 Å². The van der Waals surface area contributed by atoms with Crippen molar-refractivity contribution in [1.82, 2.24) is 4.90 Å². The minimum atomic E-state index is -2.12. The SMILES string of the molecule is CN1C(=O)C2(Cl)CC3C(=CCC4C(=O)N(c5cc([N+](=O)[O-])c(N(C)C)c([N+](=O)[O-])c5)C(=O)C43)C(c3ccc4ccccc4c3O)C2(Cl)C1=O. The first-order valence-corrected chi connectivity index (χ1v) is 15.9. The number of halogens is 2. The summed E-state index contributed by atoms with van der Waals surface area (Å²) in [5.74, 6) is -7.69. The number of alkyl halides is 2. The molecule has 3 fully saturated rings. The van der Waals surface area contributed by atoms with Gasteiger partial charge in [0.05, 0.1) is 27.4 Å². The lowest BCUT2D eigenvalue weighted by Crippen LogP contribution is -2.60. The highest BCUT2D eigenvalue weighted by atomic mass is 35.5. The number of hydrogen-bond donors (Lipinski definition) is 1. The Labute approximate surface area is 287 Å². The van der Waals surface area contributed by atoms with Gasteiger partial charge in [-0.25, -0.2) is 4.90 Å². The Kier molecular flexibility index (Phi) is 7.10. The average molecular weight is 709 g/mol. The molecule has 4 amide bonds. The van der Waals surface area contributed by atoms with Gasteiger partial charge in [-0.05, 0) is 24.1 Å². The predicted octanol–water partition coefficient (Wildman–Crippen LogP) is 4.62. The number of carbonyl (C=O) groups is 4. The number of likely N-dealkylation sites (tertiary alicyclic amines) is 1. The van der Waals surface area contributed by atoms with Gasteiger partial charge in [0, 0.05) is 50.1 Å². The van der Waals surface area contributed by atoms with Gasteiger partial charge in [0.25, 0.3) is 11.8 Å². The zero-order chi connectivity index (χ0) is 35.5. The molecule has 3 aromatic carbocycles. The minimum absolute atomic E-state index is 0.0252. The fourth-order valence-corrected chi connectivity index (χ4v) is 9.32. The van der Waals surface area contributed by atoms with E-state index >= 15 is 0 Å². The van der Waals surface area contributed by atoms with Crippen LogP contribution >= 0.6 is 23.2 Å². The van der Waals surface area contributed by atoms with Crippen molar-refractivity contribution in [2.75, 3.05) is 30.9 Å². The summed E-state index contributed by atoms with van der Waals surface area (Å²) < 4.78 is 0. The van der Waals surface area contributed by atoms with Gasteiger partial charge in [-0.2, -0.15) is 0 Å². The standard InChI is InChI=1S/C33H27Cl2N5O9/c1-36(2)26-22(39(46)47)12-16(13-23(26)40(48)49)38-28(42)19-11-10-18-21(24(19)29(38)43)14-32(34)30(44)37(3)31(45)33(32,35)25(18)20-9-8-15-6-4-5-7-17(15)27(20)41/h4-10,12-13,19,21,24-25,41H,11,14H2,1-3H3. The van der Waals surface area contributed by atoms with Crippen LogP contribution in [0.25, 0.3) is 10.8 Å². The summed E-state index contributed by atoms with van der Waals surface area (Å²) in [5, 5.41) is 36.9. The first kappa shape index (κ1) is 32.5. The third kappa shape index (κ3) is 4.13. The van der Waals surface area contributed by atoms with E-state index in [0.717, 1.165) is 17.0 Å². The maximum atomic E-state index is 14.4. The minimum Gasteiger partial charge on any atom is -0.507 e. The Hall–Kier alpha value is -5.08. The molecule has 0 bridgehead atoms. The van der Waals surface area contributed by atoms with E-state index in [1.165, 1.54) is 26.0 Å². The number of allylic oxidation sites excluding steroid dienone is 2. The highest BCUT2D eigenvalue weighted by Crippen LogP contribution is 2.66. The van der Waals surface area contributed by atoms with E-state index in [1.807, 2.05) is 0 Å². The smallest absolute Gasteiger partial charge is 0.301 e. The van der Waals surface area contributed by atoms with Crippen LogP contribution in [0.15, 0.2) is 60.2 Å². The largest absolute Gasteiger partial charge is 0.507 e. The number of nitro benzene ring substituents is 2. The molecule has 4 aliphatic rings. The molecule has 6 atom stereocenters. The van der Waals surface area contributed by atoms with Crippen molar-refractivity contribution in [3.63, 3.8) is 0 Å². The number of nitrogens with zero attached hydrogens (tertiary/aromatic N) is 5. The Bertz CT molecular complexity index is 2090. The van der Waals surface area contributed by atoms with E-state index in [9.17, 15) is 44.5 Å². The highest BCUT2D eigenvalue weighted by Gasteiger charge is 2.76. The summed E-state index contributed by atoms with van der Waals surface area (Å²) >= 11 is 14.4. The van der Waals surface area contributed by atoms with E-state index in [2.05, 4.69) is 0 Å². The summed E-state index contributed by atoms with van der Waals surface area (Å²) in [7, 11) is 4.03. The van der Waals surface area contributed by atoms with E-state index in [4.69, 9.17) is 23.2 Å². The number of benzene rings is 3. The molecule has 252 valence electrons. The Morgan fingerprint density at radius 1 is 0.918 bits per heavy atom. The third-order valence-corrected chi connectivity index (χ3v) is 11.8. The summed E-state index contributed by atoms with van der Waals surface area (Å²) in [4.78, 5) is 77.0. The molecule has 14 nitrogen and oxygen atoms in total. The van der Waals surface area contributed by atoms with Crippen LogP contribution in [0.3, 0.4) is 0 Å². The molecule has 49 heavy (non-hydrogen) atoms. The molecule has 1 N–H and O–H groups in total. The zero-order valence-corrected chi connectivity index (χ0v) is 27.6. The van der Waals surface area contributed by atoms with Gasteiger partial charge in [0.2, 0.25) is 11.8 Å². The highest BCUT2D eigenvalue weighted by molar-refractivity contribution is 6.53. The molecule has 16 heteroatoms. The number of fused-ring (bicyclic) bond motifs is 5. The number of anilines is 2. The Balaban J connectivity index is 1.40. The van der Waals surface area contributed by atoms with E-state index < -0.39 is 78.3 Å². The molecule has 7 rings (SSSR count). The van der Waals surface area contributed by atoms with Crippen LogP contribution in [-0.4, -0.2) is 74.4 Å². The number of phenols is 1. The molecule has 2 heterocycles. The van der Waals surface area contributed by atoms with Crippen LogP contribution in [0.4, 0.5) is 22.7 Å². The molecule has 3 aromatic rings. The van der Waals surface area contributed by atoms with Gasteiger partial charge in [0.1, 0.15) is 5.75 Å². The number of nitro groups is 2. The molecule has 1 saturated carbocycles. The van der Waals surface area contributed by atoms with Gasteiger partial charge in [0.15, 0.2) is 15.4 Å². The molecule has 0 radical (unpaired) electrons. The van der Waals surface area contributed by atoms with Crippen LogP contribution in [0, 0.1) is 38.0 Å². The first-order valence-electron chi connectivity index (χ1n) is 15.2. The second-order valence-corrected chi connectivity index (χ2v) is 14.2. The molecular formula is C33H27Cl2N5O9. The van der Waals surface area contributed by atoms with Gasteiger partial charge in [-0.15, -0.1) is 23.2 Å². The summed E-state index contributed by atoms with van der Waals surface area (Å²) in [6, 6.07) is 12.2. The molecular weight excluding hydrogens is 681 g/mol. The van der Waals surface area contributed by atoms with E-state index in [1.54, 1.807) is 42.5 Å². The molecule has 6 unspecified atom stereocenters. The average Bonchev–Trinajstić information content (AvgIpc) is 3.39. The van der Waals surface area contributed by atoms with Crippen LogP contribution in [-0.2, 0) is 19.2 Å². The fraction of sp³-hybridized carbons (Fsp3) is 0.333. The maximum Gasteiger partial charge on any atom is 0.301 e. The number of rotatable bonds is 5. The number of hydrogen-bond acceptors (Lipinski definition) is 10. The Morgan fingerprint density at radius 2 is 1.55 bits per heavy atom. The molecule has 2 aliphatic carbocycles. The lowest BCUT2D eigenvalue weighted by Gasteiger charge is -2.50. The van der Waals surface area contributed by atoms with Gasteiger partial charge < -0.3 is 10.0 Å². The number of aromatic hydroxyl groups is 1. The van der Waals surface area contributed by atoms with Gasteiger partial charge >= 0.3 is 11.4 Å². The number of amides is 4. The van der Waals surface area contributed by atoms with Crippen LogP contribution in [0.2, 0.25) is 0 Å². The van der Waals surface area contributed by atoms with Crippen molar-refractivity contribution in [2.24, 2.45) is 17.8 Å². The predicted molar refractivity (Wildman–Crippen MR) is 178 cm³/mol. The van der Waals surface area contributed by atoms with Crippen molar-refractivity contribution in [1.29, 1.82) is 0 Å². The van der Waals surface area contributed by atoms with Crippen molar-refractivity contribution < 1.29 is 34.1 Å². The van der Waals surface area contributed by atoms with E-state index in [0.29, 0.717) is 21.2 Å². The van der Waals surface area contributed by atoms with Gasteiger partial charge in [-0.1, -0.05) is 48.0 Å². The zero-order valence-electron chi connectivity index (χ0n) is 26.1. The second kappa shape index (κ2) is 10.7. The summed E-state index contributed by atoms with van der Waals surface area (Å²) in [5.41, 5.74) is -1.41. The fourth-order valence-electron chi connectivity index (χ4n) is 8.30. The lowest BCUT2D eigenvalue weighted by molar-refractivity contribution is -0.392.